The molecule has 6 nitrogen and oxygen atoms in total. The van der Waals surface area contributed by atoms with E-state index < -0.39 is 5.97 Å². The van der Waals surface area contributed by atoms with E-state index in [-0.39, 0.29) is 17.6 Å². The number of aryl methyl sites for hydroxylation is 1. The molecule has 2 aromatic heterocycles. The number of thiocarbonyl (C=S) groups is 1. The molecule has 1 aliphatic rings. The minimum atomic E-state index is -0.936. The molecule has 0 unspecified atom stereocenters. The van der Waals surface area contributed by atoms with Gasteiger partial charge in [0.2, 0.25) is 0 Å². The van der Waals surface area contributed by atoms with Crippen LogP contribution in [0.2, 0.25) is 0 Å². The number of nitrogens with one attached hydrogen (secondary N) is 1. The van der Waals surface area contributed by atoms with Gasteiger partial charge in [0.1, 0.15) is 0 Å². The van der Waals surface area contributed by atoms with Crippen molar-refractivity contribution in [1.29, 1.82) is 0 Å². The number of pyridine rings is 1. The monoisotopic (exact) mass is 448 g/mol. The molecule has 32 heavy (non-hydrogen) atoms. The topological polar surface area (TPSA) is 70.4 Å². The Morgan fingerprint density at radius 2 is 1.94 bits per heavy atom. The van der Waals surface area contributed by atoms with Crippen molar-refractivity contribution in [2.75, 3.05) is 6.54 Å². The van der Waals surface area contributed by atoms with Crippen molar-refractivity contribution in [3.8, 4) is 5.69 Å². The zero-order valence-electron chi connectivity index (χ0n) is 18.6. The van der Waals surface area contributed by atoms with Crippen molar-refractivity contribution in [2.45, 2.75) is 45.7 Å². The normalized spacial score (nSPS) is 18.1. The minimum absolute atomic E-state index is 0.0270. The molecule has 0 radical (unpaired) electrons. The summed E-state index contributed by atoms with van der Waals surface area (Å²) in [6, 6.07) is 15.1. The molecular formula is C25H28N4O2S. The van der Waals surface area contributed by atoms with Gasteiger partial charge in [-0.2, -0.15) is 0 Å². The molecule has 166 valence electrons. The van der Waals surface area contributed by atoms with Gasteiger partial charge in [-0.1, -0.05) is 31.5 Å². The van der Waals surface area contributed by atoms with Crippen LogP contribution in [-0.2, 0) is 0 Å². The molecule has 0 saturated carbocycles. The van der Waals surface area contributed by atoms with Gasteiger partial charge in [-0.15, -0.1) is 0 Å². The van der Waals surface area contributed by atoms with Gasteiger partial charge in [0, 0.05) is 24.1 Å². The molecule has 1 aromatic carbocycles. The fourth-order valence-electron chi connectivity index (χ4n) is 4.62. The summed E-state index contributed by atoms with van der Waals surface area (Å²) in [5.74, 6) is -0.936. The molecule has 3 heterocycles. The lowest BCUT2D eigenvalue weighted by atomic mass is 9.96. The number of aromatic nitrogens is 2. The Labute approximate surface area is 193 Å². The number of nitrogens with zero attached hydrogens (tertiary/aromatic N) is 3. The molecule has 1 aliphatic heterocycles. The number of aromatic carboxylic acids is 1. The average molecular weight is 449 g/mol. The summed E-state index contributed by atoms with van der Waals surface area (Å²) >= 11 is 5.74. The first-order valence-corrected chi connectivity index (χ1v) is 11.3. The zero-order valence-corrected chi connectivity index (χ0v) is 19.4. The summed E-state index contributed by atoms with van der Waals surface area (Å²) in [5.41, 5.74) is 5.01. The maximum atomic E-state index is 11.9. The van der Waals surface area contributed by atoms with Gasteiger partial charge in [0.15, 0.2) is 5.11 Å². The molecule has 3 aromatic rings. The van der Waals surface area contributed by atoms with Crippen LogP contribution in [0.5, 0.6) is 0 Å². The number of carbonyl (C=O) groups is 1. The first-order chi connectivity index (χ1) is 15.4. The summed E-state index contributed by atoms with van der Waals surface area (Å²) in [5, 5.41) is 14.0. The second kappa shape index (κ2) is 9.12. The van der Waals surface area contributed by atoms with Crippen LogP contribution in [0, 0.1) is 13.8 Å². The van der Waals surface area contributed by atoms with Crippen LogP contribution in [0.15, 0.2) is 54.7 Å². The highest BCUT2D eigenvalue weighted by molar-refractivity contribution is 7.80. The Balaban J connectivity index is 1.85. The van der Waals surface area contributed by atoms with Gasteiger partial charge in [0.05, 0.1) is 29.0 Å². The van der Waals surface area contributed by atoms with E-state index in [4.69, 9.17) is 12.2 Å². The van der Waals surface area contributed by atoms with Crippen molar-refractivity contribution in [3.05, 3.63) is 82.9 Å². The number of unbranched alkanes of at least 4 members (excludes halogenated alkanes) is 1. The third-order valence-corrected chi connectivity index (χ3v) is 6.47. The fraction of sp³-hybridized carbons (Fsp3) is 0.320. The highest BCUT2D eigenvalue weighted by atomic mass is 32.1. The predicted octanol–water partition coefficient (Wildman–Crippen LogP) is 4.96. The molecule has 4 rings (SSSR count). The number of hydrogen-bond acceptors (Lipinski definition) is 3. The maximum absolute atomic E-state index is 11.9. The lowest BCUT2D eigenvalue weighted by Gasteiger charge is -2.28. The molecule has 0 amide bonds. The van der Waals surface area contributed by atoms with Crippen LogP contribution >= 0.6 is 12.2 Å². The molecule has 2 N–H and O–H groups in total. The fourth-order valence-corrected chi connectivity index (χ4v) is 4.95. The van der Waals surface area contributed by atoms with Crippen molar-refractivity contribution in [3.63, 3.8) is 0 Å². The van der Waals surface area contributed by atoms with Gasteiger partial charge in [-0.25, -0.2) is 4.79 Å². The first-order valence-electron chi connectivity index (χ1n) is 10.9. The Morgan fingerprint density at radius 1 is 1.19 bits per heavy atom. The van der Waals surface area contributed by atoms with E-state index in [1.807, 2.05) is 41.8 Å². The Bertz CT molecular complexity index is 1140. The highest BCUT2D eigenvalue weighted by Crippen LogP contribution is 2.41. The van der Waals surface area contributed by atoms with Crippen LogP contribution in [-0.4, -0.2) is 37.2 Å². The molecule has 1 fully saturated rings. The van der Waals surface area contributed by atoms with Gasteiger partial charge in [-0.3, -0.25) is 4.98 Å². The van der Waals surface area contributed by atoms with Gasteiger partial charge < -0.3 is 19.9 Å². The smallest absolute Gasteiger partial charge is 0.337 e. The number of benzene rings is 1. The summed E-state index contributed by atoms with van der Waals surface area (Å²) in [4.78, 5) is 18.7. The Kier molecular flexibility index (Phi) is 6.28. The van der Waals surface area contributed by atoms with E-state index in [0.717, 1.165) is 47.1 Å². The van der Waals surface area contributed by atoms with E-state index in [0.29, 0.717) is 5.69 Å². The number of carboxylic acids is 1. The average Bonchev–Trinajstić information content (AvgIpc) is 3.27. The van der Waals surface area contributed by atoms with Gasteiger partial charge in [-0.05, 0) is 68.4 Å². The second-order valence-corrected chi connectivity index (χ2v) is 8.54. The van der Waals surface area contributed by atoms with Crippen molar-refractivity contribution in [1.82, 2.24) is 19.8 Å². The number of para-hydroxylation sites is 1. The number of carboxylic acid groups (broad SMARTS) is 1. The Morgan fingerprint density at radius 3 is 2.62 bits per heavy atom. The molecule has 0 spiro atoms. The molecule has 2 atom stereocenters. The van der Waals surface area contributed by atoms with Crippen molar-refractivity contribution >= 4 is 23.3 Å². The van der Waals surface area contributed by atoms with Crippen LogP contribution in [0.3, 0.4) is 0 Å². The molecule has 0 bridgehead atoms. The molecule has 7 heteroatoms. The predicted molar refractivity (Wildman–Crippen MR) is 129 cm³/mol. The number of rotatable bonds is 7. The summed E-state index contributed by atoms with van der Waals surface area (Å²) in [6.45, 7) is 7.09. The summed E-state index contributed by atoms with van der Waals surface area (Å²) < 4.78 is 2.04. The third-order valence-electron chi connectivity index (χ3n) is 6.11. The summed E-state index contributed by atoms with van der Waals surface area (Å²) in [6.07, 6.45) is 3.91. The SMILES string of the molecule is CCCCN1C(=S)N[C@H](c2ccccn2)[C@H]1c1cc(C)n(-c2ccccc2C(=O)O)c1C. The lowest BCUT2D eigenvalue weighted by Crippen LogP contribution is -2.30. The Hall–Kier alpha value is -3.19. The van der Waals surface area contributed by atoms with Crippen LogP contribution in [0.1, 0.15) is 64.9 Å². The van der Waals surface area contributed by atoms with Crippen LogP contribution in [0.25, 0.3) is 5.69 Å². The van der Waals surface area contributed by atoms with E-state index >= 15 is 0 Å². The van der Waals surface area contributed by atoms with Crippen LogP contribution < -0.4 is 5.32 Å². The maximum Gasteiger partial charge on any atom is 0.337 e. The van der Waals surface area contributed by atoms with Crippen LogP contribution in [0.4, 0.5) is 0 Å². The molecule has 0 aliphatic carbocycles. The van der Waals surface area contributed by atoms with Crippen molar-refractivity contribution in [2.24, 2.45) is 0 Å². The first kappa shape index (κ1) is 22.0. The number of hydrogen-bond donors (Lipinski definition) is 2. The van der Waals surface area contributed by atoms with Gasteiger partial charge >= 0.3 is 5.97 Å². The largest absolute Gasteiger partial charge is 0.478 e. The second-order valence-electron chi connectivity index (χ2n) is 8.16. The van der Waals surface area contributed by atoms with Gasteiger partial charge in [0.25, 0.3) is 0 Å². The molecule has 1 saturated heterocycles. The standard InChI is InChI=1S/C25H28N4O2S/c1-4-5-14-28-23(22(27-25(28)32)20-11-8-9-13-26-20)19-15-16(2)29(17(19)3)21-12-7-6-10-18(21)24(30)31/h6-13,15,22-23H,4-5,14H2,1-3H3,(H,27,32)(H,30,31)/t22-,23-/m1/s1. The summed E-state index contributed by atoms with van der Waals surface area (Å²) in [7, 11) is 0. The van der Waals surface area contributed by atoms with E-state index in [9.17, 15) is 9.90 Å². The van der Waals surface area contributed by atoms with Crippen molar-refractivity contribution < 1.29 is 9.90 Å². The highest BCUT2D eigenvalue weighted by Gasteiger charge is 2.41. The van der Waals surface area contributed by atoms with E-state index in [2.05, 4.69) is 35.1 Å². The quantitative estimate of drug-likeness (QED) is 0.498. The molecular weight excluding hydrogens is 420 g/mol. The van der Waals surface area contributed by atoms with E-state index in [1.54, 1.807) is 18.3 Å². The lowest BCUT2D eigenvalue weighted by molar-refractivity contribution is 0.0697. The van der Waals surface area contributed by atoms with E-state index in [1.165, 1.54) is 0 Å². The third kappa shape index (κ3) is 3.88. The zero-order chi connectivity index (χ0) is 22.8. The minimum Gasteiger partial charge on any atom is -0.478 e.